The Morgan fingerprint density at radius 1 is 1.25 bits per heavy atom. The number of rotatable bonds is 7. The summed E-state index contributed by atoms with van der Waals surface area (Å²) in [5.41, 5.74) is 0. The van der Waals surface area contributed by atoms with E-state index in [9.17, 15) is 0 Å². The second-order valence-corrected chi connectivity index (χ2v) is 5.14. The number of piperidine rings is 1. The Bertz CT molecular complexity index is 175. The van der Waals surface area contributed by atoms with Crippen LogP contribution in [0.5, 0.6) is 0 Å². The Labute approximate surface area is 101 Å². The zero-order valence-electron chi connectivity index (χ0n) is 11.2. The van der Waals surface area contributed by atoms with Gasteiger partial charge in [0, 0.05) is 20.2 Å². The van der Waals surface area contributed by atoms with Crippen LogP contribution in [0, 0.1) is 11.8 Å². The van der Waals surface area contributed by atoms with Crippen molar-refractivity contribution in [2.45, 2.75) is 26.7 Å². The Balaban J connectivity index is 1.97. The molecule has 1 rings (SSSR count). The largest absolute Gasteiger partial charge is 0.383 e. The predicted octanol–water partition coefficient (Wildman–Crippen LogP) is 1.59. The van der Waals surface area contributed by atoms with Gasteiger partial charge in [-0.25, -0.2) is 0 Å². The van der Waals surface area contributed by atoms with E-state index in [1.807, 2.05) is 0 Å². The smallest absolute Gasteiger partial charge is 0.0587 e. The first-order valence-corrected chi connectivity index (χ1v) is 6.66. The van der Waals surface area contributed by atoms with Crippen molar-refractivity contribution >= 4 is 0 Å². The van der Waals surface area contributed by atoms with Crippen LogP contribution in [0.15, 0.2) is 0 Å². The van der Waals surface area contributed by atoms with E-state index in [0.29, 0.717) is 0 Å². The maximum absolute atomic E-state index is 4.99. The normalized spacial score (nSPS) is 27.2. The number of hydrogen-bond acceptors (Lipinski definition) is 3. The van der Waals surface area contributed by atoms with Crippen molar-refractivity contribution in [1.29, 1.82) is 0 Å². The summed E-state index contributed by atoms with van der Waals surface area (Å²) in [6.07, 6.45) is 2.63. The first kappa shape index (κ1) is 13.9. The summed E-state index contributed by atoms with van der Waals surface area (Å²) in [5, 5.41) is 3.39. The molecule has 16 heavy (non-hydrogen) atoms. The number of nitrogens with zero attached hydrogens (tertiary/aromatic N) is 1. The lowest BCUT2D eigenvalue weighted by Crippen LogP contribution is -2.39. The fourth-order valence-electron chi connectivity index (χ4n) is 2.28. The van der Waals surface area contributed by atoms with Gasteiger partial charge in [-0.05, 0) is 44.3 Å². The molecule has 1 aliphatic rings. The molecule has 0 aromatic heterocycles. The van der Waals surface area contributed by atoms with Gasteiger partial charge in [0.2, 0.25) is 0 Å². The van der Waals surface area contributed by atoms with Crippen LogP contribution >= 0.6 is 0 Å². The molecule has 0 aliphatic carbocycles. The van der Waals surface area contributed by atoms with E-state index >= 15 is 0 Å². The number of methoxy groups -OCH3 is 1. The minimum Gasteiger partial charge on any atom is -0.383 e. The van der Waals surface area contributed by atoms with Crippen molar-refractivity contribution in [2.24, 2.45) is 11.8 Å². The predicted molar refractivity (Wildman–Crippen MR) is 68.7 cm³/mol. The molecule has 0 amide bonds. The Morgan fingerprint density at radius 2 is 2.06 bits per heavy atom. The number of hydrogen-bond donors (Lipinski definition) is 1. The number of ether oxygens (including phenoxy) is 1. The maximum atomic E-state index is 4.99. The highest BCUT2D eigenvalue weighted by molar-refractivity contribution is 4.75. The third kappa shape index (κ3) is 5.28. The number of likely N-dealkylation sites (tertiary alicyclic amines) is 1. The monoisotopic (exact) mass is 228 g/mol. The molecular formula is C13H28N2O. The van der Waals surface area contributed by atoms with Crippen LogP contribution in [0.2, 0.25) is 0 Å². The second kappa shape index (κ2) is 8.04. The molecule has 0 aromatic rings. The summed E-state index contributed by atoms with van der Waals surface area (Å²) in [4.78, 5) is 2.61. The first-order valence-electron chi connectivity index (χ1n) is 6.66. The van der Waals surface area contributed by atoms with Crippen LogP contribution in [0.1, 0.15) is 26.7 Å². The van der Waals surface area contributed by atoms with Crippen LogP contribution in [-0.2, 0) is 4.74 Å². The van der Waals surface area contributed by atoms with E-state index in [1.165, 1.54) is 32.5 Å². The minimum atomic E-state index is 0.818. The summed E-state index contributed by atoms with van der Waals surface area (Å²) in [5.74, 6) is 1.78. The summed E-state index contributed by atoms with van der Waals surface area (Å²) in [6.45, 7) is 11.5. The molecule has 0 radical (unpaired) electrons. The third-order valence-corrected chi connectivity index (χ3v) is 3.73. The molecule has 1 saturated heterocycles. The maximum Gasteiger partial charge on any atom is 0.0587 e. The Morgan fingerprint density at radius 3 is 2.75 bits per heavy atom. The molecule has 0 spiro atoms. The molecule has 0 bridgehead atoms. The van der Waals surface area contributed by atoms with E-state index in [0.717, 1.165) is 31.5 Å². The van der Waals surface area contributed by atoms with E-state index in [-0.39, 0.29) is 0 Å². The summed E-state index contributed by atoms with van der Waals surface area (Å²) in [7, 11) is 1.75. The van der Waals surface area contributed by atoms with Gasteiger partial charge >= 0.3 is 0 Å². The van der Waals surface area contributed by atoms with Gasteiger partial charge in [-0.1, -0.05) is 13.8 Å². The first-order chi connectivity index (χ1) is 7.74. The average molecular weight is 228 g/mol. The fourth-order valence-corrected chi connectivity index (χ4v) is 2.28. The highest BCUT2D eigenvalue weighted by Crippen LogP contribution is 2.22. The van der Waals surface area contributed by atoms with Gasteiger partial charge in [-0.15, -0.1) is 0 Å². The fraction of sp³-hybridized carbons (Fsp3) is 1.00. The second-order valence-electron chi connectivity index (χ2n) is 5.14. The van der Waals surface area contributed by atoms with E-state index in [4.69, 9.17) is 4.74 Å². The molecule has 1 fully saturated rings. The van der Waals surface area contributed by atoms with Crippen LogP contribution in [0.4, 0.5) is 0 Å². The third-order valence-electron chi connectivity index (χ3n) is 3.73. The van der Waals surface area contributed by atoms with Gasteiger partial charge in [0.25, 0.3) is 0 Å². The molecule has 0 aromatic carbocycles. The molecule has 3 nitrogen and oxygen atoms in total. The molecule has 1 heterocycles. The lowest BCUT2D eigenvalue weighted by Gasteiger charge is -2.35. The zero-order chi connectivity index (χ0) is 11.8. The van der Waals surface area contributed by atoms with Gasteiger partial charge < -0.3 is 15.0 Å². The van der Waals surface area contributed by atoms with Crippen molar-refractivity contribution in [1.82, 2.24) is 10.2 Å². The molecule has 2 unspecified atom stereocenters. The van der Waals surface area contributed by atoms with Gasteiger partial charge in [-0.2, -0.15) is 0 Å². The lowest BCUT2D eigenvalue weighted by molar-refractivity contribution is 0.136. The standard InChI is InChI=1S/C13H28N2O/c1-12-5-9-15(11-13(12)2)8-4-6-14-7-10-16-3/h12-14H,4-11H2,1-3H3. The van der Waals surface area contributed by atoms with Crippen molar-refractivity contribution in [3.05, 3.63) is 0 Å². The molecule has 0 saturated carbocycles. The topological polar surface area (TPSA) is 24.5 Å². The van der Waals surface area contributed by atoms with E-state index in [2.05, 4.69) is 24.1 Å². The Kier molecular flexibility index (Phi) is 7.01. The van der Waals surface area contributed by atoms with Crippen molar-refractivity contribution in [2.75, 3.05) is 46.4 Å². The highest BCUT2D eigenvalue weighted by atomic mass is 16.5. The molecule has 3 heteroatoms. The summed E-state index contributed by atoms with van der Waals surface area (Å²) in [6, 6.07) is 0. The van der Waals surface area contributed by atoms with E-state index < -0.39 is 0 Å². The molecule has 1 aliphatic heterocycles. The van der Waals surface area contributed by atoms with Crippen LogP contribution < -0.4 is 5.32 Å². The van der Waals surface area contributed by atoms with Crippen molar-refractivity contribution in [3.63, 3.8) is 0 Å². The van der Waals surface area contributed by atoms with Crippen LogP contribution in [0.3, 0.4) is 0 Å². The highest BCUT2D eigenvalue weighted by Gasteiger charge is 2.21. The van der Waals surface area contributed by atoms with Gasteiger partial charge in [0.05, 0.1) is 6.61 Å². The van der Waals surface area contributed by atoms with Crippen molar-refractivity contribution in [3.8, 4) is 0 Å². The van der Waals surface area contributed by atoms with Crippen LogP contribution in [-0.4, -0.2) is 51.3 Å². The van der Waals surface area contributed by atoms with E-state index in [1.54, 1.807) is 7.11 Å². The van der Waals surface area contributed by atoms with Gasteiger partial charge in [-0.3, -0.25) is 0 Å². The molecule has 1 N–H and O–H groups in total. The lowest BCUT2D eigenvalue weighted by atomic mass is 9.89. The van der Waals surface area contributed by atoms with Gasteiger partial charge in [0.15, 0.2) is 0 Å². The minimum absolute atomic E-state index is 0.818. The molecule has 2 atom stereocenters. The summed E-state index contributed by atoms with van der Waals surface area (Å²) < 4.78 is 4.99. The quantitative estimate of drug-likeness (QED) is 0.670. The SMILES string of the molecule is COCCNCCCN1CCC(C)C(C)C1. The average Bonchev–Trinajstić information content (AvgIpc) is 2.28. The molecule has 96 valence electrons. The van der Waals surface area contributed by atoms with Crippen molar-refractivity contribution < 1.29 is 4.74 Å². The van der Waals surface area contributed by atoms with Gasteiger partial charge in [0.1, 0.15) is 0 Å². The number of nitrogens with one attached hydrogen (secondary N) is 1. The zero-order valence-corrected chi connectivity index (χ0v) is 11.2. The Hall–Kier alpha value is -0.120. The van der Waals surface area contributed by atoms with Crippen LogP contribution in [0.25, 0.3) is 0 Å². The summed E-state index contributed by atoms with van der Waals surface area (Å²) >= 11 is 0. The molecular weight excluding hydrogens is 200 g/mol.